The van der Waals surface area contributed by atoms with Gasteiger partial charge in [0.1, 0.15) is 0 Å². The number of rotatable bonds is 4. The van der Waals surface area contributed by atoms with Gasteiger partial charge >= 0.3 is 0 Å². The average molecular weight is 394 g/mol. The standard InChI is InChI=1S/C18H18BrF2N3/c19-13-2-3-14(22-7-13)9-23-10-15-6-16(11-23)24(15)8-12-1-4-17(20)18(21)5-12/h1-5,7,15-16H,6,8-11H2. The van der Waals surface area contributed by atoms with Crippen LogP contribution in [0.3, 0.4) is 0 Å². The van der Waals surface area contributed by atoms with Gasteiger partial charge in [0.15, 0.2) is 11.6 Å². The molecular weight excluding hydrogens is 376 g/mol. The zero-order valence-corrected chi connectivity index (χ0v) is 14.7. The van der Waals surface area contributed by atoms with Gasteiger partial charge in [-0.2, -0.15) is 0 Å². The molecule has 3 saturated heterocycles. The van der Waals surface area contributed by atoms with Gasteiger partial charge in [0, 0.05) is 48.9 Å². The molecule has 24 heavy (non-hydrogen) atoms. The van der Waals surface area contributed by atoms with Crippen LogP contribution < -0.4 is 0 Å². The quantitative estimate of drug-likeness (QED) is 0.791. The first-order chi connectivity index (χ1) is 11.6. The van der Waals surface area contributed by atoms with E-state index in [2.05, 4.69) is 30.7 Å². The number of fused-ring (bicyclic) bond motifs is 2. The van der Waals surface area contributed by atoms with Crippen molar-refractivity contribution < 1.29 is 8.78 Å². The summed E-state index contributed by atoms with van der Waals surface area (Å²) >= 11 is 3.40. The summed E-state index contributed by atoms with van der Waals surface area (Å²) < 4.78 is 27.4. The SMILES string of the molecule is Fc1ccc(CN2C3CC2CN(Cc2ccc(Br)cn2)C3)cc1F. The van der Waals surface area contributed by atoms with Crippen molar-refractivity contribution in [3.63, 3.8) is 0 Å². The summed E-state index contributed by atoms with van der Waals surface area (Å²) in [6.07, 6.45) is 3.02. The van der Waals surface area contributed by atoms with Crippen LogP contribution in [0.4, 0.5) is 8.78 Å². The molecule has 0 radical (unpaired) electrons. The van der Waals surface area contributed by atoms with E-state index in [1.165, 1.54) is 18.6 Å². The Morgan fingerprint density at radius 1 is 1.04 bits per heavy atom. The molecule has 6 heteroatoms. The minimum Gasteiger partial charge on any atom is -0.294 e. The van der Waals surface area contributed by atoms with Gasteiger partial charge in [-0.05, 0) is 52.2 Å². The van der Waals surface area contributed by atoms with Crippen molar-refractivity contribution >= 4 is 15.9 Å². The molecule has 2 bridgehead atoms. The van der Waals surface area contributed by atoms with Crippen molar-refractivity contribution in [1.29, 1.82) is 0 Å². The molecule has 0 amide bonds. The summed E-state index contributed by atoms with van der Waals surface area (Å²) in [5.74, 6) is -1.54. The molecular formula is C18H18BrF2N3. The predicted molar refractivity (Wildman–Crippen MR) is 91.3 cm³/mol. The fourth-order valence-corrected chi connectivity index (χ4v) is 3.97. The highest BCUT2D eigenvalue weighted by Gasteiger charge is 2.44. The average Bonchev–Trinajstić information content (AvgIpc) is 2.58. The Labute approximate surface area is 148 Å². The molecule has 1 aromatic heterocycles. The molecule has 4 heterocycles. The molecule has 3 fully saturated rings. The number of halogens is 3. The van der Waals surface area contributed by atoms with Crippen LogP contribution in [0.2, 0.25) is 0 Å². The Bertz CT molecular complexity index is 726. The van der Waals surface area contributed by atoms with Gasteiger partial charge in [0.25, 0.3) is 0 Å². The number of nitrogens with zero attached hydrogens (tertiary/aromatic N) is 3. The number of hydrogen-bond donors (Lipinski definition) is 0. The van der Waals surface area contributed by atoms with Crippen molar-refractivity contribution in [2.24, 2.45) is 0 Å². The normalized spacial score (nSPS) is 24.0. The van der Waals surface area contributed by atoms with Crippen LogP contribution in [0.5, 0.6) is 0 Å². The molecule has 0 N–H and O–H groups in total. The second kappa shape index (κ2) is 6.50. The lowest BCUT2D eigenvalue weighted by Crippen LogP contribution is -2.67. The number of piperidine rings is 1. The summed E-state index contributed by atoms with van der Waals surface area (Å²) in [4.78, 5) is 9.27. The second-order valence-electron chi connectivity index (χ2n) is 6.63. The molecule has 0 aliphatic carbocycles. The third-order valence-electron chi connectivity index (χ3n) is 4.94. The van der Waals surface area contributed by atoms with Gasteiger partial charge in [-0.25, -0.2) is 8.78 Å². The van der Waals surface area contributed by atoms with E-state index in [9.17, 15) is 8.78 Å². The van der Waals surface area contributed by atoms with Gasteiger partial charge in [0.05, 0.1) is 5.69 Å². The van der Waals surface area contributed by atoms with E-state index in [1.807, 2.05) is 18.3 Å². The highest BCUT2D eigenvalue weighted by atomic mass is 79.9. The van der Waals surface area contributed by atoms with E-state index >= 15 is 0 Å². The van der Waals surface area contributed by atoms with Crippen molar-refractivity contribution in [2.45, 2.75) is 31.6 Å². The molecule has 3 aliphatic heterocycles. The van der Waals surface area contributed by atoms with Crippen molar-refractivity contribution in [1.82, 2.24) is 14.8 Å². The lowest BCUT2D eigenvalue weighted by molar-refractivity contribution is -0.0777. The van der Waals surface area contributed by atoms with Crippen LogP contribution in [0.25, 0.3) is 0 Å². The Balaban J connectivity index is 1.36. The molecule has 2 unspecified atom stereocenters. The summed E-state index contributed by atoms with van der Waals surface area (Å²) in [7, 11) is 0. The summed E-state index contributed by atoms with van der Waals surface area (Å²) in [5.41, 5.74) is 1.92. The van der Waals surface area contributed by atoms with E-state index < -0.39 is 11.6 Å². The van der Waals surface area contributed by atoms with Crippen LogP contribution in [0.15, 0.2) is 41.0 Å². The topological polar surface area (TPSA) is 19.4 Å². The minimum absolute atomic E-state index is 0.493. The first-order valence-corrected chi connectivity index (χ1v) is 8.90. The number of hydrogen-bond acceptors (Lipinski definition) is 3. The van der Waals surface area contributed by atoms with Gasteiger partial charge < -0.3 is 0 Å². The number of piperazine rings is 1. The summed E-state index contributed by atoms with van der Waals surface area (Å²) in [5, 5.41) is 0. The van der Waals surface area contributed by atoms with Gasteiger partial charge in [0.2, 0.25) is 0 Å². The van der Waals surface area contributed by atoms with E-state index in [-0.39, 0.29) is 0 Å². The Morgan fingerprint density at radius 3 is 2.50 bits per heavy atom. The zero-order valence-electron chi connectivity index (χ0n) is 13.1. The Kier molecular flexibility index (Phi) is 4.37. The minimum atomic E-state index is -0.782. The first kappa shape index (κ1) is 16.1. The maximum absolute atomic E-state index is 13.4. The van der Waals surface area contributed by atoms with E-state index in [0.29, 0.717) is 18.6 Å². The molecule has 3 nitrogen and oxygen atoms in total. The Hall–Kier alpha value is -1.37. The largest absolute Gasteiger partial charge is 0.294 e. The third kappa shape index (κ3) is 3.23. The van der Waals surface area contributed by atoms with Crippen molar-refractivity contribution in [3.8, 4) is 0 Å². The first-order valence-electron chi connectivity index (χ1n) is 8.11. The predicted octanol–water partition coefficient (Wildman–Crippen LogP) is 3.58. The lowest BCUT2D eigenvalue weighted by atomic mass is 9.86. The van der Waals surface area contributed by atoms with Gasteiger partial charge in [-0.15, -0.1) is 0 Å². The van der Waals surface area contributed by atoms with Gasteiger partial charge in [-0.1, -0.05) is 6.07 Å². The number of pyridine rings is 1. The number of aromatic nitrogens is 1. The van der Waals surface area contributed by atoms with Gasteiger partial charge in [-0.3, -0.25) is 14.8 Å². The highest BCUT2D eigenvalue weighted by Crippen LogP contribution is 2.34. The van der Waals surface area contributed by atoms with Crippen molar-refractivity contribution in [3.05, 3.63) is 63.9 Å². The van der Waals surface area contributed by atoms with E-state index in [4.69, 9.17) is 0 Å². The van der Waals surface area contributed by atoms with Crippen LogP contribution in [0.1, 0.15) is 17.7 Å². The second-order valence-corrected chi connectivity index (χ2v) is 7.54. The smallest absolute Gasteiger partial charge is 0.159 e. The molecule has 2 atom stereocenters. The number of benzene rings is 1. The molecule has 2 aromatic rings. The maximum atomic E-state index is 13.4. The van der Waals surface area contributed by atoms with E-state index in [0.717, 1.165) is 35.4 Å². The Morgan fingerprint density at radius 2 is 1.83 bits per heavy atom. The molecule has 3 aliphatic rings. The van der Waals surface area contributed by atoms with E-state index in [1.54, 1.807) is 6.07 Å². The maximum Gasteiger partial charge on any atom is 0.159 e. The molecule has 0 saturated carbocycles. The highest BCUT2D eigenvalue weighted by molar-refractivity contribution is 9.10. The summed E-state index contributed by atoms with van der Waals surface area (Å²) in [6.45, 7) is 3.55. The lowest BCUT2D eigenvalue weighted by Gasteiger charge is -2.56. The monoisotopic (exact) mass is 393 g/mol. The van der Waals surface area contributed by atoms with Crippen LogP contribution in [-0.4, -0.2) is 40.0 Å². The van der Waals surface area contributed by atoms with Crippen LogP contribution >= 0.6 is 15.9 Å². The summed E-state index contributed by atoms with van der Waals surface area (Å²) in [6, 6.07) is 9.25. The fraction of sp³-hybridized carbons (Fsp3) is 0.389. The molecule has 1 aromatic carbocycles. The van der Waals surface area contributed by atoms with Crippen molar-refractivity contribution in [2.75, 3.05) is 13.1 Å². The zero-order chi connectivity index (χ0) is 16.7. The third-order valence-corrected chi connectivity index (χ3v) is 5.41. The molecule has 126 valence electrons. The van der Waals surface area contributed by atoms with Crippen LogP contribution in [-0.2, 0) is 13.1 Å². The molecule has 5 rings (SSSR count). The molecule has 0 spiro atoms. The fourth-order valence-electron chi connectivity index (χ4n) is 3.74. The van der Waals surface area contributed by atoms with Crippen LogP contribution in [0, 0.1) is 11.6 Å².